The highest BCUT2D eigenvalue weighted by atomic mass is 32.1. The standard InChI is InChI=1S/C15H24N4OS/c1-15(2)7-4-8-19(9-15)13(20)11-12(16)18-14(21-11)17-10-5-3-6-10/h10H,3-9,16H2,1-2H3,(H,17,18). The minimum atomic E-state index is 0.0411. The molecule has 3 rings (SSSR count). The van der Waals surface area contributed by atoms with Gasteiger partial charge in [-0.2, -0.15) is 0 Å². The van der Waals surface area contributed by atoms with E-state index in [1.54, 1.807) is 0 Å². The molecule has 116 valence electrons. The zero-order valence-electron chi connectivity index (χ0n) is 12.8. The molecule has 1 aromatic heterocycles. The molecule has 1 aromatic rings. The third-order valence-electron chi connectivity index (χ3n) is 4.47. The molecule has 0 spiro atoms. The summed E-state index contributed by atoms with van der Waals surface area (Å²) in [5, 5.41) is 4.16. The number of rotatable bonds is 3. The number of piperidine rings is 1. The number of amides is 1. The third-order valence-corrected chi connectivity index (χ3v) is 5.46. The SMILES string of the molecule is CC1(C)CCCN(C(=O)c2sc(NC3CCC3)nc2N)C1. The van der Waals surface area contributed by atoms with Crippen LogP contribution in [0.1, 0.15) is 55.6 Å². The van der Waals surface area contributed by atoms with Crippen LogP contribution in [-0.4, -0.2) is 34.9 Å². The quantitative estimate of drug-likeness (QED) is 0.900. The topological polar surface area (TPSA) is 71.2 Å². The van der Waals surface area contributed by atoms with Crippen molar-refractivity contribution in [2.24, 2.45) is 5.41 Å². The molecule has 0 aromatic carbocycles. The minimum absolute atomic E-state index is 0.0411. The van der Waals surface area contributed by atoms with Gasteiger partial charge in [-0.3, -0.25) is 4.79 Å². The summed E-state index contributed by atoms with van der Waals surface area (Å²) < 4.78 is 0. The van der Waals surface area contributed by atoms with E-state index in [-0.39, 0.29) is 11.3 Å². The van der Waals surface area contributed by atoms with Gasteiger partial charge in [-0.25, -0.2) is 4.98 Å². The Balaban J connectivity index is 1.71. The van der Waals surface area contributed by atoms with Crippen molar-refractivity contribution in [2.45, 2.75) is 52.0 Å². The van der Waals surface area contributed by atoms with Crippen LogP contribution in [0.25, 0.3) is 0 Å². The van der Waals surface area contributed by atoms with Gasteiger partial charge in [0.25, 0.3) is 5.91 Å². The first-order valence-electron chi connectivity index (χ1n) is 7.77. The van der Waals surface area contributed by atoms with Crippen LogP contribution < -0.4 is 11.1 Å². The van der Waals surface area contributed by atoms with Crippen molar-refractivity contribution >= 4 is 28.2 Å². The molecule has 2 fully saturated rings. The number of hydrogen-bond donors (Lipinski definition) is 2. The van der Waals surface area contributed by atoms with E-state index in [9.17, 15) is 4.79 Å². The normalized spacial score (nSPS) is 21.9. The van der Waals surface area contributed by atoms with Crippen LogP contribution in [0.5, 0.6) is 0 Å². The van der Waals surface area contributed by atoms with Crippen molar-refractivity contribution in [3.8, 4) is 0 Å². The zero-order chi connectivity index (χ0) is 15.0. The van der Waals surface area contributed by atoms with Crippen LogP contribution >= 0.6 is 11.3 Å². The predicted octanol–water partition coefficient (Wildman–Crippen LogP) is 2.95. The lowest BCUT2D eigenvalue weighted by Gasteiger charge is -2.37. The van der Waals surface area contributed by atoms with E-state index in [1.807, 2.05) is 4.90 Å². The summed E-state index contributed by atoms with van der Waals surface area (Å²) in [5.74, 6) is 0.412. The Hall–Kier alpha value is -1.30. The van der Waals surface area contributed by atoms with E-state index in [4.69, 9.17) is 5.73 Å². The van der Waals surface area contributed by atoms with Gasteiger partial charge in [-0.1, -0.05) is 25.2 Å². The number of nitrogens with one attached hydrogen (secondary N) is 1. The van der Waals surface area contributed by atoms with E-state index in [0.717, 1.165) is 24.6 Å². The Labute approximate surface area is 129 Å². The summed E-state index contributed by atoms with van der Waals surface area (Å²) in [7, 11) is 0. The largest absolute Gasteiger partial charge is 0.382 e. The fraction of sp³-hybridized carbons (Fsp3) is 0.733. The van der Waals surface area contributed by atoms with E-state index < -0.39 is 0 Å². The first-order chi connectivity index (χ1) is 9.94. The smallest absolute Gasteiger partial charge is 0.267 e. The number of aromatic nitrogens is 1. The second kappa shape index (κ2) is 5.48. The first kappa shape index (κ1) is 14.6. The maximum absolute atomic E-state index is 12.7. The molecule has 21 heavy (non-hydrogen) atoms. The number of thiazole rings is 1. The molecule has 0 atom stereocenters. The average molecular weight is 308 g/mol. The van der Waals surface area contributed by atoms with Gasteiger partial charge in [0.1, 0.15) is 10.7 Å². The Morgan fingerprint density at radius 1 is 1.43 bits per heavy atom. The molecule has 1 aliphatic heterocycles. The molecule has 0 radical (unpaired) electrons. The van der Waals surface area contributed by atoms with Crippen LogP contribution in [0.4, 0.5) is 10.9 Å². The summed E-state index contributed by atoms with van der Waals surface area (Å²) in [4.78, 5) is 19.5. The van der Waals surface area contributed by atoms with Crippen LogP contribution in [0, 0.1) is 5.41 Å². The number of carbonyl (C=O) groups excluding carboxylic acids is 1. The van der Waals surface area contributed by atoms with Gasteiger partial charge in [-0.05, 0) is 37.5 Å². The van der Waals surface area contributed by atoms with Gasteiger partial charge in [0, 0.05) is 19.1 Å². The number of nitrogens with zero attached hydrogens (tertiary/aromatic N) is 2. The summed E-state index contributed by atoms with van der Waals surface area (Å²) in [6, 6.07) is 0.507. The van der Waals surface area contributed by atoms with Crippen molar-refractivity contribution in [3.63, 3.8) is 0 Å². The minimum Gasteiger partial charge on any atom is -0.382 e. The summed E-state index contributed by atoms with van der Waals surface area (Å²) in [6.07, 6.45) is 5.87. The zero-order valence-corrected chi connectivity index (χ0v) is 13.6. The molecular weight excluding hydrogens is 284 g/mol. The molecule has 2 aliphatic rings. The van der Waals surface area contributed by atoms with Gasteiger partial charge in [-0.15, -0.1) is 0 Å². The number of carbonyl (C=O) groups is 1. The lowest BCUT2D eigenvalue weighted by molar-refractivity contribution is 0.0589. The molecular formula is C15H24N4OS. The summed E-state index contributed by atoms with van der Waals surface area (Å²) in [5.41, 5.74) is 6.16. The third kappa shape index (κ3) is 3.15. The van der Waals surface area contributed by atoms with Gasteiger partial charge in [0.05, 0.1) is 0 Å². The van der Waals surface area contributed by atoms with E-state index in [1.165, 1.54) is 37.0 Å². The highest BCUT2D eigenvalue weighted by Crippen LogP contribution is 2.33. The Morgan fingerprint density at radius 3 is 2.81 bits per heavy atom. The van der Waals surface area contributed by atoms with Crippen LogP contribution in [0.15, 0.2) is 0 Å². The molecule has 0 unspecified atom stereocenters. The Morgan fingerprint density at radius 2 is 2.19 bits per heavy atom. The van der Waals surface area contributed by atoms with E-state index in [2.05, 4.69) is 24.1 Å². The molecule has 6 heteroatoms. The Bertz CT molecular complexity index is 536. The average Bonchev–Trinajstić information content (AvgIpc) is 2.73. The number of nitrogens with two attached hydrogens (primary N) is 1. The number of hydrogen-bond acceptors (Lipinski definition) is 5. The fourth-order valence-corrected chi connectivity index (χ4v) is 3.94. The molecule has 1 saturated carbocycles. The number of nitrogen functional groups attached to an aromatic ring is 1. The van der Waals surface area contributed by atoms with Gasteiger partial charge >= 0.3 is 0 Å². The molecule has 1 aliphatic carbocycles. The second-order valence-corrected chi connectivity index (χ2v) is 8.00. The highest BCUT2D eigenvalue weighted by Gasteiger charge is 2.31. The predicted molar refractivity (Wildman–Crippen MR) is 86.7 cm³/mol. The van der Waals surface area contributed by atoms with Crippen LogP contribution in [-0.2, 0) is 0 Å². The van der Waals surface area contributed by atoms with Crippen LogP contribution in [0.3, 0.4) is 0 Å². The maximum Gasteiger partial charge on any atom is 0.267 e. The van der Waals surface area contributed by atoms with Crippen molar-refractivity contribution in [3.05, 3.63) is 4.88 Å². The number of anilines is 2. The Kier molecular flexibility index (Phi) is 3.82. The number of likely N-dealkylation sites (tertiary alicyclic amines) is 1. The summed E-state index contributed by atoms with van der Waals surface area (Å²) >= 11 is 1.40. The lowest BCUT2D eigenvalue weighted by atomic mass is 9.84. The molecule has 5 nitrogen and oxygen atoms in total. The molecule has 0 bridgehead atoms. The lowest BCUT2D eigenvalue weighted by Crippen LogP contribution is -2.43. The van der Waals surface area contributed by atoms with Crippen LogP contribution in [0.2, 0.25) is 0 Å². The van der Waals surface area contributed by atoms with Crippen molar-refractivity contribution in [1.82, 2.24) is 9.88 Å². The molecule has 2 heterocycles. The van der Waals surface area contributed by atoms with Crippen molar-refractivity contribution in [2.75, 3.05) is 24.1 Å². The first-order valence-corrected chi connectivity index (χ1v) is 8.58. The van der Waals surface area contributed by atoms with Gasteiger partial charge < -0.3 is 16.0 Å². The molecule has 1 amide bonds. The highest BCUT2D eigenvalue weighted by molar-refractivity contribution is 7.18. The monoisotopic (exact) mass is 308 g/mol. The second-order valence-electron chi connectivity index (χ2n) is 7.00. The van der Waals surface area contributed by atoms with Gasteiger partial charge in [0.2, 0.25) is 0 Å². The fourth-order valence-electron chi connectivity index (χ4n) is 3.01. The van der Waals surface area contributed by atoms with E-state index in [0.29, 0.717) is 16.7 Å². The van der Waals surface area contributed by atoms with E-state index >= 15 is 0 Å². The van der Waals surface area contributed by atoms with Gasteiger partial charge in [0.15, 0.2) is 5.13 Å². The maximum atomic E-state index is 12.7. The van der Waals surface area contributed by atoms with Crippen molar-refractivity contribution in [1.29, 1.82) is 0 Å². The summed E-state index contributed by atoms with van der Waals surface area (Å²) in [6.45, 7) is 6.05. The van der Waals surface area contributed by atoms with Crippen molar-refractivity contribution < 1.29 is 4.79 Å². The molecule has 3 N–H and O–H groups in total. The molecule has 1 saturated heterocycles.